The van der Waals surface area contributed by atoms with E-state index < -0.39 is 0 Å². The number of hydrogen-bond acceptors (Lipinski definition) is 3. The highest BCUT2D eigenvalue weighted by atomic mass is 35.5. The summed E-state index contributed by atoms with van der Waals surface area (Å²) in [7, 11) is 1.37. The summed E-state index contributed by atoms with van der Waals surface area (Å²) in [6, 6.07) is 5.38. The van der Waals surface area contributed by atoms with Crippen LogP contribution < -0.4 is 5.73 Å². The summed E-state index contributed by atoms with van der Waals surface area (Å²) in [6.07, 6.45) is 0. The van der Waals surface area contributed by atoms with Gasteiger partial charge in [-0.1, -0.05) is 6.07 Å². The number of esters is 1. The molecule has 2 N–H and O–H groups in total. The number of nitrogens with two attached hydrogens (primary N) is 1. The molecule has 1 atom stereocenters. The molecule has 0 fully saturated rings. The van der Waals surface area contributed by atoms with Gasteiger partial charge in [-0.05, 0) is 37.1 Å². The molecule has 1 aromatic carbocycles. The predicted molar refractivity (Wildman–Crippen MR) is 62.4 cm³/mol. The van der Waals surface area contributed by atoms with E-state index in [2.05, 4.69) is 4.74 Å². The van der Waals surface area contributed by atoms with Crippen molar-refractivity contribution in [2.75, 3.05) is 7.11 Å². The zero-order valence-corrected chi connectivity index (χ0v) is 9.93. The lowest BCUT2D eigenvalue weighted by molar-refractivity contribution is 0.0600. The van der Waals surface area contributed by atoms with Crippen molar-refractivity contribution in [2.45, 2.75) is 19.9 Å². The number of benzene rings is 1. The Morgan fingerprint density at radius 1 is 1.47 bits per heavy atom. The van der Waals surface area contributed by atoms with Gasteiger partial charge >= 0.3 is 5.97 Å². The molecule has 3 nitrogen and oxygen atoms in total. The lowest BCUT2D eigenvalue weighted by atomic mass is 10.0. The van der Waals surface area contributed by atoms with Gasteiger partial charge in [-0.3, -0.25) is 0 Å². The van der Waals surface area contributed by atoms with Crippen LogP contribution >= 0.6 is 12.4 Å². The second-order valence-electron chi connectivity index (χ2n) is 3.35. The van der Waals surface area contributed by atoms with Gasteiger partial charge in [0.1, 0.15) is 0 Å². The van der Waals surface area contributed by atoms with Gasteiger partial charge in [0.05, 0.1) is 12.7 Å². The summed E-state index contributed by atoms with van der Waals surface area (Å²) in [6.45, 7) is 3.85. The van der Waals surface area contributed by atoms with E-state index in [4.69, 9.17) is 5.73 Å². The SMILES string of the molecule is COC(=O)c1ccc([C@H](C)N)c(C)c1.Cl. The quantitative estimate of drug-likeness (QED) is 0.792. The van der Waals surface area contributed by atoms with Crippen LogP contribution in [-0.2, 0) is 4.74 Å². The van der Waals surface area contributed by atoms with Crippen LogP contribution in [0.2, 0.25) is 0 Å². The van der Waals surface area contributed by atoms with E-state index in [0.717, 1.165) is 11.1 Å². The topological polar surface area (TPSA) is 52.3 Å². The van der Waals surface area contributed by atoms with Gasteiger partial charge in [0.15, 0.2) is 0 Å². The number of carbonyl (C=O) groups excluding carboxylic acids is 1. The lowest BCUT2D eigenvalue weighted by Crippen LogP contribution is -2.08. The molecular formula is C11H16ClNO2. The Labute approximate surface area is 96.0 Å². The van der Waals surface area contributed by atoms with E-state index in [1.165, 1.54) is 7.11 Å². The molecule has 0 bridgehead atoms. The minimum atomic E-state index is -0.315. The maximum atomic E-state index is 11.2. The van der Waals surface area contributed by atoms with Crippen molar-refractivity contribution in [3.63, 3.8) is 0 Å². The van der Waals surface area contributed by atoms with E-state index in [9.17, 15) is 4.79 Å². The van der Waals surface area contributed by atoms with Crippen molar-refractivity contribution < 1.29 is 9.53 Å². The molecule has 0 aliphatic heterocycles. The van der Waals surface area contributed by atoms with E-state index >= 15 is 0 Å². The number of halogens is 1. The number of aryl methyl sites for hydroxylation is 1. The number of ether oxygens (including phenoxy) is 1. The molecule has 0 unspecified atom stereocenters. The Bertz CT molecular complexity index is 350. The smallest absolute Gasteiger partial charge is 0.337 e. The molecular weight excluding hydrogens is 214 g/mol. The second-order valence-corrected chi connectivity index (χ2v) is 3.35. The molecule has 0 spiro atoms. The lowest BCUT2D eigenvalue weighted by Gasteiger charge is -2.10. The fourth-order valence-corrected chi connectivity index (χ4v) is 1.43. The third-order valence-corrected chi connectivity index (χ3v) is 2.18. The maximum Gasteiger partial charge on any atom is 0.337 e. The van der Waals surface area contributed by atoms with Crippen LogP contribution in [0.3, 0.4) is 0 Å². The van der Waals surface area contributed by atoms with Crippen LogP contribution in [0.15, 0.2) is 18.2 Å². The van der Waals surface area contributed by atoms with E-state index in [1.54, 1.807) is 12.1 Å². The second kappa shape index (κ2) is 5.73. The molecule has 0 saturated carbocycles. The van der Waals surface area contributed by atoms with Crippen LogP contribution in [-0.4, -0.2) is 13.1 Å². The van der Waals surface area contributed by atoms with Crippen molar-refractivity contribution in [1.29, 1.82) is 0 Å². The Morgan fingerprint density at radius 2 is 2.07 bits per heavy atom. The Morgan fingerprint density at radius 3 is 2.47 bits per heavy atom. The average Bonchev–Trinajstić information content (AvgIpc) is 2.15. The van der Waals surface area contributed by atoms with Gasteiger partial charge < -0.3 is 10.5 Å². The van der Waals surface area contributed by atoms with Crippen LogP contribution in [0.1, 0.15) is 34.5 Å². The summed E-state index contributed by atoms with van der Waals surface area (Å²) in [5.74, 6) is -0.315. The highest BCUT2D eigenvalue weighted by molar-refractivity contribution is 5.89. The van der Waals surface area contributed by atoms with Gasteiger partial charge in [-0.2, -0.15) is 0 Å². The summed E-state index contributed by atoms with van der Waals surface area (Å²) in [4.78, 5) is 11.2. The molecule has 0 saturated heterocycles. The van der Waals surface area contributed by atoms with E-state index in [-0.39, 0.29) is 24.4 Å². The normalized spacial score (nSPS) is 11.5. The van der Waals surface area contributed by atoms with Crippen molar-refractivity contribution in [1.82, 2.24) is 0 Å². The van der Waals surface area contributed by atoms with Gasteiger partial charge in [0.25, 0.3) is 0 Å². The first-order valence-corrected chi connectivity index (χ1v) is 4.50. The minimum Gasteiger partial charge on any atom is -0.465 e. The van der Waals surface area contributed by atoms with Crippen molar-refractivity contribution in [2.24, 2.45) is 5.73 Å². The van der Waals surface area contributed by atoms with Crippen molar-refractivity contribution >= 4 is 18.4 Å². The van der Waals surface area contributed by atoms with Crippen LogP contribution in [0.5, 0.6) is 0 Å². The average molecular weight is 230 g/mol. The Kier molecular flexibility index (Phi) is 5.33. The number of hydrogen-bond donors (Lipinski definition) is 1. The van der Waals surface area contributed by atoms with Gasteiger partial charge in [-0.25, -0.2) is 4.79 Å². The molecule has 0 aliphatic carbocycles. The molecule has 0 heterocycles. The number of methoxy groups -OCH3 is 1. The summed E-state index contributed by atoms with van der Waals surface area (Å²) in [5, 5.41) is 0. The highest BCUT2D eigenvalue weighted by Crippen LogP contribution is 2.17. The first kappa shape index (κ1) is 13.9. The third kappa shape index (κ3) is 3.22. The Balaban J connectivity index is 0.00000196. The first-order chi connectivity index (χ1) is 6.56. The standard InChI is InChI=1S/C11H15NO2.ClH/c1-7-6-9(11(13)14-3)4-5-10(7)8(2)12;/h4-6,8H,12H2,1-3H3;1H/t8-;/m0./s1. The molecule has 1 aromatic rings. The zero-order valence-electron chi connectivity index (χ0n) is 9.11. The fraction of sp³-hybridized carbons (Fsp3) is 0.364. The molecule has 0 aromatic heterocycles. The highest BCUT2D eigenvalue weighted by Gasteiger charge is 2.09. The largest absolute Gasteiger partial charge is 0.465 e. The number of carbonyl (C=O) groups is 1. The van der Waals surface area contributed by atoms with E-state index in [1.807, 2.05) is 19.9 Å². The fourth-order valence-electron chi connectivity index (χ4n) is 1.43. The third-order valence-electron chi connectivity index (χ3n) is 2.18. The number of rotatable bonds is 2. The minimum absolute atomic E-state index is 0. The maximum absolute atomic E-state index is 11.2. The summed E-state index contributed by atoms with van der Waals surface area (Å²) < 4.78 is 4.62. The molecule has 4 heteroatoms. The molecule has 0 aliphatic rings. The molecule has 0 radical (unpaired) electrons. The molecule has 0 amide bonds. The van der Waals surface area contributed by atoms with Gasteiger partial charge in [-0.15, -0.1) is 12.4 Å². The van der Waals surface area contributed by atoms with Crippen molar-refractivity contribution in [3.8, 4) is 0 Å². The van der Waals surface area contributed by atoms with Crippen LogP contribution in [0.25, 0.3) is 0 Å². The molecule has 1 rings (SSSR count). The zero-order chi connectivity index (χ0) is 10.7. The predicted octanol–water partition coefficient (Wildman–Crippen LogP) is 2.22. The Hall–Kier alpha value is -1.06. The van der Waals surface area contributed by atoms with Crippen LogP contribution in [0.4, 0.5) is 0 Å². The van der Waals surface area contributed by atoms with E-state index in [0.29, 0.717) is 5.56 Å². The summed E-state index contributed by atoms with van der Waals surface area (Å²) in [5.41, 5.74) is 8.39. The van der Waals surface area contributed by atoms with Gasteiger partial charge in [0, 0.05) is 6.04 Å². The first-order valence-electron chi connectivity index (χ1n) is 4.50. The molecule has 84 valence electrons. The van der Waals surface area contributed by atoms with Gasteiger partial charge in [0.2, 0.25) is 0 Å². The molecule has 15 heavy (non-hydrogen) atoms. The monoisotopic (exact) mass is 229 g/mol. The summed E-state index contributed by atoms with van der Waals surface area (Å²) >= 11 is 0. The van der Waals surface area contributed by atoms with Crippen LogP contribution in [0, 0.1) is 6.92 Å². The van der Waals surface area contributed by atoms with Crippen molar-refractivity contribution in [3.05, 3.63) is 34.9 Å².